The zero-order valence-corrected chi connectivity index (χ0v) is 12.9. The highest BCUT2D eigenvalue weighted by molar-refractivity contribution is 5.15. The highest BCUT2D eigenvalue weighted by Gasteiger charge is 2.24. The van der Waals surface area contributed by atoms with Crippen LogP contribution in [0, 0.1) is 0 Å². The summed E-state index contributed by atoms with van der Waals surface area (Å²) < 4.78 is 5.96. The van der Waals surface area contributed by atoms with Crippen molar-refractivity contribution in [2.75, 3.05) is 13.2 Å². The maximum absolute atomic E-state index is 5.96. The van der Waals surface area contributed by atoms with Gasteiger partial charge in [0.25, 0.3) is 0 Å². The Bertz CT molecular complexity index is 371. The van der Waals surface area contributed by atoms with Crippen molar-refractivity contribution in [2.45, 2.75) is 64.5 Å². The molecule has 2 unspecified atom stereocenters. The van der Waals surface area contributed by atoms with Crippen molar-refractivity contribution in [1.29, 1.82) is 0 Å². The summed E-state index contributed by atoms with van der Waals surface area (Å²) in [5.41, 5.74) is 2.48. The minimum absolute atomic E-state index is 0.350. The van der Waals surface area contributed by atoms with E-state index in [0.29, 0.717) is 12.1 Å². The third kappa shape index (κ3) is 4.57. The molecule has 0 amide bonds. The predicted octanol–water partition coefficient (Wildman–Crippen LogP) is 3.12. The summed E-state index contributed by atoms with van der Waals surface area (Å²) in [7, 11) is 0. The quantitative estimate of drug-likeness (QED) is 0.831. The molecule has 1 saturated heterocycles. The van der Waals surface area contributed by atoms with Gasteiger partial charge in [-0.1, -0.05) is 19.9 Å². The van der Waals surface area contributed by atoms with E-state index in [-0.39, 0.29) is 0 Å². The standard InChI is InChI=1S/C17H28N2O/c1-3-10-18-16(17-7-5-6-11-20-17)12-15-9-8-14(4-2)13-19-15/h8-9,13,16-18H,3-7,10-12H2,1-2H3. The second-order valence-corrected chi connectivity index (χ2v) is 5.68. The van der Waals surface area contributed by atoms with E-state index in [2.05, 4.69) is 36.3 Å². The molecule has 1 aliphatic rings. The molecule has 2 rings (SSSR count). The maximum Gasteiger partial charge on any atom is 0.0731 e. The second kappa shape index (κ2) is 8.38. The Labute approximate surface area is 123 Å². The Morgan fingerprint density at radius 3 is 2.85 bits per heavy atom. The summed E-state index contributed by atoms with van der Waals surface area (Å²) in [5, 5.41) is 3.65. The van der Waals surface area contributed by atoms with E-state index in [1.807, 2.05) is 6.20 Å². The van der Waals surface area contributed by atoms with Crippen LogP contribution in [0.3, 0.4) is 0 Å². The fourth-order valence-corrected chi connectivity index (χ4v) is 2.76. The molecule has 1 fully saturated rings. The van der Waals surface area contributed by atoms with Crippen LogP contribution in [-0.4, -0.2) is 30.3 Å². The zero-order chi connectivity index (χ0) is 14.2. The molecule has 2 atom stereocenters. The molecule has 0 saturated carbocycles. The van der Waals surface area contributed by atoms with Crippen LogP contribution in [-0.2, 0) is 17.6 Å². The van der Waals surface area contributed by atoms with Crippen LogP contribution in [0.4, 0.5) is 0 Å². The molecule has 0 radical (unpaired) electrons. The summed E-state index contributed by atoms with van der Waals surface area (Å²) in [4.78, 5) is 4.60. The van der Waals surface area contributed by atoms with E-state index in [1.54, 1.807) is 0 Å². The smallest absolute Gasteiger partial charge is 0.0731 e. The fourth-order valence-electron chi connectivity index (χ4n) is 2.76. The predicted molar refractivity (Wildman–Crippen MR) is 83.0 cm³/mol. The van der Waals surface area contributed by atoms with Crippen LogP contribution in [0.1, 0.15) is 50.8 Å². The Morgan fingerprint density at radius 1 is 1.35 bits per heavy atom. The summed E-state index contributed by atoms with van der Waals surface area (Å²) in [6, 6.07) is 4.76. The molecule has 2 heterocycles. The summed E-state index contributed by atoms with van der Waals surface area (Å²) in [5.74, 6) is 0. The van der Waals surface area contributed by atoms with Gasteiger partial charge < -0.3 is 10.1 Å². The molecule has 1 aromatic rings. The molecular formula is C17H28N2O. The van der Waals surface area contributed by atoms with Gasteiger partial charge >= 0.3 is 0 Å². The number of nitrogens with zero attached hydrogens (tertiary/aromatic N) is 1. The molecule has 1 aliphatic heterocycles. The van der Waals surface area contributed by atoms with Crippen molar-refractivity contribution in [2.24, 2.45) is 0 Å². The average molecular weight is 276 g/mol. The molecular weight excluding hydrogens is 248 g/mol. The van der Waals surface area contributed by atoms with Crippen LogP contribution < -0.4 is 5.32 Å². The lowest BCUT2D eigenvalue weighted by atomic mass is 9.97. The Morgan fingerprint density at radius 2 is 2.25 bits per heavy atom. The number of pyridine rings is 1. The number of nitrogens with one attached hydrogen (secondary N) is 1. The van der Waals surface area contributed by atoms with Gasteiger partial charge in [0, 0.05) is 31.0 Å². The lowest BCUT2D eigenvalue weighted by Crippen LogP contribution is -2.44. The van der Waals surface area contributed by atoms with E-state index in [0.717, 1.165) is 32.4 Å². The van der Waals surface area contributed by atoms with Crippen molar-refractivity contribution in [1.82, 2.24) is 10.3 Å². The van der Waals surface area contributed by atoms with Gasteiger partial charge in [-0.05, 0) is 50.3 Å². The molecule has 112 valence electrons. The molecule has 3 heteroatoms. The Hall–Kier alpha value is -0.930. The van der Waals surface area contributed by atoms with Gasteiger partial charge in [0.2, 0.25) is 0 Å². The first-order valence-corrected chi connectivity index (χ1v) is 8.12. The summed E-state index contributed by atoms with van der Waals surface area (Å²) in [6.07, 6.45) is 9.21. The highest BCUT2D eigenvalue weighted by atomic mass is 16.5. The van der Waals surface area contributed by atoms with Crippen LogP contribution >= 0.6 is 0 Å². The first-order chi connectivity index (χ1) is 9.83. The van der Waals surface area contributed by atoms with Crippen molar-refractivity contribution in [3.05, 3.63) is 29.6 Å². The lowest BCUT2D eigenvalue weighted by Gasteiger charge is -2.31. The topological polar surface area (TPSA) is 34.2 Å². The zero-order valence-electron chi connectivity index (χ0n) is 12.9. The van der Waals surface area contributed by atoms with Crippen LogP contribution in [0.2, 0.25) is 0 Å². The van der Waals surface area contributed by atoms with Crippen LogP contribution in [0.15, 0.2) is 18.3 Å². The van der Waals surface area contributed by atoms with Gasteiger partial charge in [-0.15, -0.1) is 0 Å². The van der Waals surface area contributed by atoms with E-state index in [9.17, 15) is 0 Å². The number of hydrogen-bond donors (Lipinski definition) is 1. The summed E-state index contributed by atoms with van der Waals surface area (Å²) >= 11 is 0. The molecule has 0 spiro atoms. The first kappa shape index (κ1) is 15.5. The number of aryl methyl sites for hydroxylation is 1. The highest BCUT2D eigenvalue weighted by Crippen LogP contribution is 2.18. The van der Waals surface area contributed by atoms with Crippen molar-refractivity contribution in [3.63, 3.8) is 0 Å². The summed E-state index contributed by atoms with van der Waals surface area (Å²) in [6.45, 7) is 6.34. The van der Waals surface area contributed by atoms with E-state index >= 15 is 0 Å². The number of ether oxygens (including phenoxy) is 1. The van der Waals surface area contributed by atoms with E-state index < -0.39 is 0 Å². The second-order valence-electron chi connectivity index (χ2n) is 5.68. The van der Waals surface area contributed by atoms with Crippen molar-refractivity contribution >= 4 is 0 Å². The first-order valence-electron chi connectivity index (χ1n) is 8.12. The number of aromatic nitrogens is 1. The minimum atomic E-state index is 0.350. The fraction of sp³-hybridized carbons (Fsp3) is 0.706. The maximum atomic E-state index is 5.96. The molecule has 0 bridgehead atoms. The third-order valence-electron chi connectivity index (χ3n) is 4.04. The monoisotopic (exact) mass is 276 g/mol. The van der Waals surface area contributed by atoms with Gasteiger partial charge in [-0.25, -0.2) is 0 Å². The van der Waals surface area contributed by atoms with Crippen LogP contribution in [0.25, 0.3) is 0 Å². The van der Waals surface area contributed by atoms with Gasteiger partial charge in [0.1, 0.15) is 0 Å². The lowest BCUT2D eigenvalue weighted by molar-refractivity contribution is -0.00756. The Kier molecular flexibility index (Phi) is 6.48. The van der Waals surface area contributed by atoms with E-state index in [4.69, 9.17) is 4.74 Å². The van der Waals surface area contributed by atoms with Crippen molar-refractivity contribution in [3.8, 4) is 0 Å². The van der Waals surface area contributed by atoms with Crippen LogP contribution in [0.5, 0.6) is 0 Å². The minimum Gasteiger partial charge on any atom is -0.377 e. The largest absolute Gasteiger partial charge is 0.377 e. The number of hydrogen-bond acceptors (Lipinski definition) is 3. The number of rotatable bonds is 7. The SMILES string of the molecule is CCCNC(Cc1ccc(CC)cn1)C1CCCCO1. The van der Waals surface area contributed by atoms with Crippen molar-refractivity contribution < 1.29 is 4.74 Å². The third-order valence-corrected chi connectivity index (χ3v) is 4.04. The van der Waals surface area contributed by atoms with Gasteiger partial charge in [0.05, 0.1) is 6.10 Å². The molecule has 3 nitrogen and oxygen atoms in total. The molecule has 1 N–H and O–H groups in total. The normalized spacial score (nSPS) is 20.8. The molecule has 1 aromatic heterocycles. The van der Waals surface area contributed by atoms with E-state index in [1.165, 1.54) is 30.5 Å². The Balaban J connectivity index is 1.97. The molecule has 0 aromatic carbocycles. The van der Waals surface area contributed by atoms with Gasteiger partial charge in [-0.3, -0.25) is 4.98 Å². The molecule has 20 heavy (non-hydrogen) atoms. The average Bonchev–Trinajstić information content (AvgIpc) is 2.53. The molecule has 0 aliphatic carbocycles. The van der Waals surface area contributed by atoms with Gasteiger partial charge in [0.15, 0.2) is 0 Å². The van der Waals surface area contributed by atoms with Gasteiger partial charge in [-0.2, -0.15) is 0 Å².